The Morgan fingerprint density at radius 3 is 1.44 bits per heavy atom. The van der Waals surface area contributed by atoms with Gasteiger partial charge in [0.1, 0.15) is 0 Å². The topological polar surface area (TPSA) is 0 Å². The molecule has 0 aromatic heterocycles. The van der Waals surface area contributed by atoms with Crippen LogP contribution in [0.25, 0.3) is 43.4 Å². The molecular formula is C47H58B. The Morgan fingerprint density at radius 2 is 1.00 bits per heavy atom. The lowest BCUT2D eigenvalue weighted by Gasteiger charge is -2.29. The molecule has 7 rings (SSSR count). The van der Waals surface area contributed by atoms with Crippen LogP contribution < -0.4 is 0 Å². The van der Waals surface area contributed by atoms with Crippen molar-refractivity contribution >= 4 is 40.7 Å². The zero-order valence-corrected chi connectivity index (χ0v) is 31.9. The van der Waals surface area contributed by atoms with Crippen LogP contribution in [0.2, 0.25) is 0 Å². The number of hydrogen-bond acceptors (Lipinski definition) is 0. The quantitative estimate of drug-likeness (QED) is 0.134. The van der Waals surface area contributed by atoms with E-state index in [1.54, 1.807) is 0 Å². The van der Waals surface area contributed by atoms with Crippen molar-refractivity contribution in [2.45, 2.75) is 113 Å². The SMILES string of the molecule is CC(C)C(C)(C)C.CC(C)c1ccc2ccc3cc(C(C)(C)C)cc4ccc1c2c34.CCC1(CC)c2ccccc2-c2ccccc21.[B]. The smallest absolute Gasteiger partial charge is 0.0210 e. The lowest BCUT2D eigenvalue weighted by molar-refractivity contribution is 0.283. The minimum atomic E-state index is 0. The van der Waals surface area contributed by atoms with Gasteiger partial charge in [0.25, 0.3) is 0 Å². The Hall–Kier alpha value is -3.58. The molecule has 0 fully saturated rings. The van der Waals surface area contributed by atoms with Crippen molar-refractivity contribution in [2.24, 2.45) is 11.3 Å². The maximum Gasteiger partial charge on any atom is 0.0210 e. The van der Waals surface area contributed by atoms with Crippen LogP contribution in [0, 0.1) is 11.3 Å². The summed E-state index contributed by atoms with van der Waals surface area (Å²) in [6.07, 6.45) is 2.36. The molecule has 0 aliphatic heterocycles. The van der Waals surface area contributed by atoms with E-state index in [4.69, 9.17) is 0 Å². The van der Waals surface area contributed by atoms with Gasteiger partial charge in [0.15, 0.2) is 0 Å². The molecule has 0 atom stereocenters. The summed E-state index contributed by atoms with van der Waals surface area (Å²) in [5, 5.41) is 8.37. The Labute approximate surface area is 294 Å². The fraction of sp³-hybridized carbons (Fsp3) is 0.404. The highest BCUT2D eigenvalue weighted by Crippen LogP contribution is 2.52. The largest absolute Gasteiger partial charge is 0.0642 e. The van der Waals surface area contributed by atoms with Gasteiger partial charge in [-0.2, -0.15) is 0 Å². The highest BCUT2D eigenvalue weighted by molar-refractivity contribution is 6.23. The van der Waals surface area contributed by atoms with Crippen molar-refractivity contribution in [3.63, 3.8) is 0 Å². The summed E-state index contributed by atoms with van der Waals surface area (Å²) in [4.78, 5) is 0. The zero-order valence-electron chi connectivity index (χ0n) is 31.9. The molecular weight excluding hydrogens is 575 g/mol. The summed E-state index contributed by atoms with van der Waals surface area (Å²) in [5.74, 6) is 1.34. The van der Waals surface area contributed by atoms with Gasteiger partial charge in [0.05, 0.1) is 0 Å². The first-order chi connectivity index (χ1) is 22.1. The first-order valence-corrected chi connectivity index (χ1v) is 18.0. The highest BCUT2D eigenvalue weighted by Gasteiger charge is 2.39. The Kier molecular flexibility index (Phi) is 10.9. The molecule has 6 aromatic carbocycles. The van der Waals surface area contributed by atoms with Crippen LogP contribution >= 0.6 is 0 Å². The molecule has 0 heterocycles. The van der Waals surface area contributed by atoms with Crippen LogP contribution in [0.15, 0.2) is 97.1 Å². The molecule has 48 heavy (non-hydrogen) atoms. The lowest BCUT2D eigenvalue weighted by Crippen LogP contribution is -2.22. The average Bonchev–Trinajstić information content (AvgIpc) is 3.33. The number of hydrogen-bond donors (Lipinski definition) is 0. The van der Waals surface area contributed by atoms with Gasteiger partial charge in [-0.3, -0.25) is 0 Å². The Balaban J connectivity index is 0.000000184. The minimum absolute atomic E-state index is 0. The van der Waals surface area contributed by atoms with E-state index >= 15 is 0 Å². The summed E-state index contributed by atoms with van der Waals surface area (Å²) in [5.41, 5.74) is 9.69. The summed E-state index contributed by atoms with van der Waals surface area (Å²) in [6, 6.07) is 36.3. The van der Waals surface area contributed by atoms with Gasteiger partial charge >= 0.3 is 0 Å². The third-order valence-corrected chi connectivity index (χ3v) is 11.2. The number of benzene rings is 6. The molecule has 1 aliphatic rings. The van der Waals surface area contributed by atoms with Crippen molar-refractivity contribution < 1.29 is 0 Å². The van der Waals surface area contributed by atoms with Crippen LogP contribution in [-0.2, 0) is 10.8 Å². The van der Waals surface area contributed by atoms with Crippen molar-refractivity contribution in [2.75, 3.05) is 0 Å². The van der Waals surface area contributed by atoms with E-state index in [0.29, 0.717) is 11.3 Å². The minimum Gasteiger partial charge on any atom is -0.0642 e. The monoisotopic (exact) mass is 633 g/mol. The zero-order chi connectivity index (χ0) is 34.3. The van der Waals surface area contributed by atoms with E-state index in [1.165, 1.54) is 78.5 Å². The molecule has 0 amide bonds. The molecule has 249 valence electrons. The van der Waals surface area contributed by atoms with Crippen LogP contribution in [-0.4, -0.2) is 8.41 Å². The molecule has 6 aromatic rings. The third-order valence-electron chi connectivity index (χ3n) is 11.2. The number of fused-ring (bicyclic) bond motifs is 3. The first-order valence-electron chi connectivity index (χ1n) is 18.0. The van der Waals surface area contributed by atoms with Gasteiger partial charge in [-0.05, 0) is 101 Å². The second-order valence-electron chi connectivity index (χ2n) is 16.5. The van der Waals surface area contributed by atoms with Crippen molar-refractivity contribution in [3.8, 4) is 11.1 Å². The van der Waals surface area contributed by atoms with Gasteiger partial charge in [-0.1, -0.05) is 180 Å². The molecule has 0 saturated heterocycles. The summed E-state index contributed by atoms with van der Waals surface area (Å²) >= 11 is 0. The maximum atomic E-state index is 2.38. The fourth-order valence-electron chi connectivity index (χ4n) is 7.21. The predicted octanol–water partition coefficient (Wildman–Crippen LogP) is 14.1. The van der Waals surface area contributed by atoms with Crippen LogP contribution in [0.5, 0.6) is 0 Å². The van der Waals surface area contributed by atoms with Crippen LogP contribution in [0.1, 0.15) is 124 Å². The highest BCUT2D eigenvalue weighted by atomic mass is 14.4. The van der Waals surface area contributed by atoms with E-state index < -0.39 is 0 Å². The van der Waals surface area contributed by atoms with Gasteiger partial charge in [0, 0.05) is 13.8 Å². The Bertz CT molecular complexity index is 1910. The normalized spacial score (nSPS) is 13.5. The van der Waals surface area contributed by atoms with Gasteiger partial charge < -0.3 is 0 Å². The van der Waals surface area contributed by atoms with Crippen LogP contribution in [0.4, 0.5) is 0 Å². The summed E-state index contributed by atoms with van der Waals surface area (Å²) in [7, 11) is 0. The van der Waals surface area contributed by atoms with E-state index in [1.807, 2.05) is 0 Å². The third kappa shape index (κ3) is 6.81. The Morgan fingerprint density at radius 1 is 0.562 bits per heavy atom. The van der Waals surface area contributed by atoms with Crippen molar-refractivity contribution in [3.05, 3.63) is 119 Å². The van der Waals surface area contributed by atoms with E-state index in [0.717, 1.165) is 5.92 Å². The van der Waals surface area contributed by atoms with E-state index in [9.17, 15) is 0 Å². The lowest BCUT2D eigenvalue weighted by atomic mass is 9.74. The fourth-order valence-corrected chi connectivity index (χ4v) is 7.21. The van der Waals surface area contributed by atoms with Gasteiger partial charge in [-0.25, -0.2) is 0 Å². The summed E-state index contributed by atoms with van der Waals surface area (Å²) in [6.45, 7) is 27.3. The second-order valence-corrected chi connectivity index (χ2v) is 16.5. The molecule has 0 spiro atoms. The number of rotatable bonds is 3. The summed E-state index contributed by atoms with van der Waals surface area (Å²) < 4.78 is 0. The van der Waals surface area contributed by atoms with Crippen LogP contribution in [0.3, 0.4) is 0 Å². The van der Waals surface area contributed by atoms with Gasteiger partial charge in [-0.15, -0.1) is 0 Å². The average molecular weight is 634 g/mol. The molecule has 0 unspecified atom stereocenters. The predicted molar refractivity (Wildman–Crippen MR) is 216 cm³/mol. The molecule has 1 heteroatoms. The second kappa shape index (κ2) is 14.1. The molecule has 1 aliphatic carbocycles. The van der Waals surface area contributed by atoms with Crippen molar-refractivity contribution in [1.29, 1.82) is 0 Å². The maximum absolute atomic E-state index is 2.38. The van der Waals surface area contributed by atoms with Gasteiger partial charge in [0.2, 0.25) is 0 Å². The standard InChI is InChI=1S/C23H24.C17H18.C7H16.B/c1-14(2)19-10-8-15-6-7-16-12-18(23(3,4)5)13-17-9-11-20(19)22(15)21(16)17;1-3-17(4-2)15-11-7-5-9-13(15)14-10-6-8-12-16(14)17;1-6(2)7(3,4)5;/h6-14H,1-5H3;5-12H,3-4H2,1-2H3;6H,1-5H3;. The molecule has 0 nitrogen and oxygen atoms in total. The molecule has 0 N–H and O–H groups in total. The molecule has 0 saturated carbocycles. The first kappa shape index (κ1) is 37.2. The van der Waals surface area contributed by atoms with E-state index in [2.05, 4.69) is 180 Å². The molecule has 3 radical (unpaired) electrons. The van der Waals surface area contributed by atoms with Crippen molar-refractivity contribution in [1.82, 2.24) is 0 Å². The van der Waals surface area contributed by atoms with E-state index in [-0.39, 0.29) is 19.2 Å². The molecule has 0 bridgehead atoms.